The Morgan fingerprint density at radius 2 is 1.15 bits per heavy atom. The second-order valence-corrected chi connectivity index (χ2v) is 7.60. The summed E-state index contributed by atoms with van der Waals surface area (Å²) in [5, 5.41) is 2.53. The molecule has 5 aromatic rings. The highest BCUT2D eigenvalue weighted by molar-refractivity contribution is 7.25. The van der Waals surface area contributed by atoms with Gasteiger partial charge in [0.15, 0.2) is 0 Å². The minimum Gasteiger partial charge on any atom is -0.135 e. The summed E-state index contributed by atoms with van der Waals surface area (Å²) in [7, 11) is 5.96. The van der Waals surface area contributed by atoms with Gasteiger partial charge in [0.2, 0.25) is 0 Å². The zero-order valence-electron chi connectivity index (χ0n) is 14.1. The van der Waals surface area contributed by atoms with Gasteiger partial charge in [-0.1, -0.05) is 84.3 Å². The molecule has 0 fully saturated rings. The first kappa shape index (κ1) is 15.4. The van der Waals surface area contributed by atoms with Crippen LogP contribution in [0.2, 0.25) is 0 Å². The lowest BCUT2D eigenvalue weighted by atomic mass is 9.94. The van der Waals surface area contributed by atoms with Crippen molar-refractivity contribution in [2.24, 2.45) is 0 Å². The minimum atomic E-state index is 0.817. The number of hydrogen-bond acceptors (Lipinski definition) is 1. The first-order valence-electron chi connectivity index (χ1n) is 8.66. The van der Waals surface area contributed by atoms with E-state index in [2.05, 4.69) is 78.9 Å². The summed E-state index contributed by atoms with van der Waals surface area (Å²) in [6.45, 7) is 0. The van der Waals surface area contributed by atoms with Crippen LogP contribution in [0.5, 0.6) is 0 Å². The predicted octanol–water partition coefficient (Wildman–Crippen LogP) is 6.18. The van der Waals surface area contributed by atoms with E-state index in [0.29, 0.717) is 0 Å². The van der Waals surface area contributed by atoms with Crippen molar-refractivity contribution in [1.29, 1.82) is 0 Å². The van der Waals surface area contributed by atoms with Gasteiger partial charge in [0.25, 0.3) is 0 Å². The zero-order valence-corrected chi connectivity index (χ0v) is 15.0. The molecule has 0 saturated carbocycles. The fourth-order valence-electron chi connectivity index (χ4n) is 3.46. The average molecular weight is 346 g/mol. The van der Waals surface area contributed by atoms with Gasteiger partial charge in [0.05, 0.1) is 0 Å². The molecule has 0 N–H and O–H groups in total. The van der Waals surface area contributed by atoms with Gasteiger partial charge in [0, 0.05) is 14.8 Å². The molecule has 0 unspecified atom stereocenters. The minimum absolute atomic E-state index is 0.817. The molecule has 2 heteroatoms. The molecule has 1 aromatic heterocycles. The Kier molecular flexibility index (Phi) is 3.65. The molecular formula is C24H15BS. The molecule has 120 valence electrons. The highest BCUT2D eigenvalue weighted by atomic mass is 32.1. The standard InChI is InChI=1S/C24H15BS/c25-20-11-13-23-22(15-20)21-12-10-19(14-24(21)26-23)18-8-6-17(7-9-18)16-4-2-1-3-5-16/h1-15H. The Balaban J connectivity index is 1.57. The Bertz CT molecular complexity index is 1220. The highest BCUT2D eigenvalue weighted by Crippen LogP contribution is 2.36. The summed E-state index contributed by atoms with van der Waals surface area (Å²) in [4.78, 5) is 0. The van der Waals surface area contributed by atoms with E-state index in [0.717, 1.165) is 5.46 Å². The third-order valence-corrected chi connectivity index (χ3v) is 5.95. The largest absolute Gasteiger partial charge is 0.135 e. The lowest BCUT2D eigenvalue weighted by molar-refractivity contribution is 1.60. The van der Waals surface area contributed by atoms with Gasteiger partial charge in [-0.15, -0.1) is 11.3 Å². The molecule has 4 aromatic carbocycles. The van der Waals surface area contributed by atoms with Gasteiger partial charge < -0.3 is 0 Å². The van der Waals surface area contributed by atoms with Gasteiger partial charge in [-0.2, -0.15) is 0 Å². The SMILES string of the molecule is [B]c1ccc2sc3cc(-c4ccc(-c5ccccc5)cc4)ccc3c2c1. The zero-order chi connectivity index (χ0) is 17.5. The fourth-order valence-corrected chi connectivity index (χ4v) is 4.59. The van der Waals surface area contributed by atoms with E-state index in [1.165, 1.54) is 42.4 Å². The molecule has 0 atom stereocenters. The molecule has 26 heavy (non-hydrogen) atoms. The molecule has 0 amide bonds. The topological polar surface area (TPSA) is 0 Å². The average Bonchev–Trinajstić information content (AvgIpc) is 3.06. The summed E-state index contributed by atoms with van der Waals surface area (Å²) in [5.74, 6) is 0. The van der Waals surface area contributed by atoms with Crippen LogP contribution >= 0.6 is 11.3 Å². The van der Waals surface area contributed by atoms with Gasteiger partial charge in [-0.05, 0) is 39.8 Å². The number of rotatable bonds is 2. The first-order valence-corrected chi connectivity index (χ1v) is 9.47. The molecular weight excluding hydrogens is 331 g/mol. The van der Waals surface area contributed by atoms with E-state index in [-0.39, 0.29) is 0 Å². The summed E-state index contributed by atoms with van der Waals surface area (Å²) >= 11 is 1.82. The fraction of sp³-hybridized carbons (Fsp3) is 0. The Labute approximate surface area is 158 Å². The van der Waals surface area contributed by atoms with Crippen LogP contribution in [-0.2, 0) is 0 Å². The van der Waals surface area contributed by atoms with Crippen LogP contribution in [0.15, 0.2) is 91.0 Å². The number of benzene rings is 4. The van der Waals surface area contributed by atoms with Crippen LogP contribution in [0.1, 0.15) is 0 Å². The Hall–Kier alpha value is -2.84. The maximum Gasteiger partial charge on any atom is 0.113 e. The summed E-state index contributed by atoms with van der Waals surface area (Å²) in [6, 6.07) is 32.1. The molecule has 0 spiro atoms. The third-order valence-electron chi connectivity index (χ3n) is 4.82. The van der Waals surface area contributed by atoms with Crippen LogP contribution in [-0.4, -0.2) is 7.85 Å². The highest BCUT2D eigenvalue weighted by Gasteiger charge is 2.07. The maximum atomic E-state index is 5.96. The lowest BCUT2D eigenvalue weighted by Gasteiger charge is -2.05. The van der Waals surface area contributed by atoms with Crippen molar-refractivity contribution in [3.8, 4) is 22.3 Å². The maximum absolute atomic E-state index is 5.96. The van der Waals surface area contributed by atoms with E-state index in [1.54, 1.807) is 0 Å². The van der Waals surface area contributed by atoms with Gasteiger partial charge in [-0.25, -0.2) is 0 Å². The van der Waals surface area contributed by atoms with E-state index in [1.807, 2.05) is 23.5 Å². The van der Waals surface area contributed by atoms with Crippen molar-refractivity contribution >= 4 is 44.8 Å². The molecule has 5 rings (SSSR count). The molecule has 0 bridgehead atoms. The molecule has 2 radical (unpaired) electrons. The summed E-state index contributed by atoms with van der Waals surface area (Å²) in [6.07, 6.45) is 0. The monoisotopic (exact) mass is 346 g/mol. The quantitative estimate of drug-likeness (QED) is 0.335. The van der Waals surface area contributed by atoms with Crippen molar-refractivity contribution in [3.63, 3.8) is 0 Å². The molecule has 0 aliphatic rings. The van der Waals surface area contributed by atoms with Crippen LogP contribution in [0.25, 0.3) is 42.4 Å². The molecule has 0 saturated heterocycles. The number of hydrogen-bond donors (Lipinski definition) is 0. The Morgan fingerprint density at radius 1 is 0.500 bits per heavy atom. The normalized spacial score (nSPS) is 11.2. The van der Waals surface area contributed by atoms with Crippen LogP contribution in [0, 0.1) is 0 Å². The van der Waals surface area contributed by atoms with Crippen LogP contribution in [0.4, 0.5) is 0 Å². The number of thiophene rings is 1. The third kappa shape index (κ3) is 2.63. The van der Waals surface area contributed by atoms with E-state index in [9.17, 15) is 0 Å². The van der Waals surface area contributed by atoms with E-state index >= 15 is 0 Å². The molecule has 0 nitrogen and oxygen atoms in total. The van der Waals surface area contributed by atoms with E-state index in [4.69, 9.17) is 7.85 Å². The Morgan fingerprint density at radius 3 is 1.92 bits per heavy atom. The summed E-state index contributed by atoms with van der Waals surface area (Å²) in [5.41, 5.74) is 5.79. The second kappa shape index (κ2) is 6.15. The van der Waals surface area contributed by atoms with Crippen molar-refractivity contribution in [3.05, 3.63) is 91.0 Å². The molecule has 1 heterocycles. The van der Waals surface area contributed by atoms with Gasteiger partial charge in [0.1, 0.15) is 7.85 Å². The van der Waals surface area contributed by atoms with Crippen molar-refractivity contribution in [2.45, 2.75) is 0 Å². The predicted molar refractivity (Wildman–Crippen MR) is 116 cm³/mol. The van der Waals surface area contributed by atoms with Crippen molar-refractivity contribution in [1.82, 2.24) is 0 Å². The lowest BCUT2D eigenvalue weighted by Crippen LogP contribution is -1.98. The van der Waals surface area contributed by atoms with Crippen LogP contribution < -0.4 is 5.46 Å². The van der Waals surface area contributed by atoms with Crippen molar-refractivity contribution in [2.75, 3.05) is 0 Å². The van der Waals surface area contributed by atoms with Gasteiger partial charge in [-0.3, -0.25) is 0 Å². The smallest absolute Gasteiger partial charge is 0.113 e. The van der Waals surface area contributed by atoms with Crippen molar-refractivity contribution < 1.29 is 0 Å². The second-order valence-electron chi connectivity index (χ2n) is 6.51. The molecule has 0 aliphatic carbocycles. The number of fused-ring (bicyclic) bond motifs is 3. The summed E-state index contributed by atoms with van der Waals surface area (Å²) < 4.78 is 2.58. The van der Waals surface area contributed by atoms with Crippen LogP contribution in [0.3, 0.4) is 0 Å². The first-order chi connectivity index (χ1) is 12.8. The van der Waals surface area contributed by atoms with Gasteiger partial charge >= 0.3 is 0 Å². The molecule has 0 aliphatic heterocycles. The van der Waals surface area contributed by atoms with E-state index < -0.39 is 0 Å².